The highest BCUT2D eigenvalue weighted by atomic mass is 79.9. The summed E-state index contributed by atoms with van der Waals surface area (Å²) in [4.78, 5) is 2.46. The van der Waals surface area contributed by atoms with E-state index in [1.165, 1.54) is 19.3 Å². The summed E-state index contributed by atoms with van der Waals surface area (Å²) in [5.41, 5.74) is 0.983. The van der Waals surface area contributed by atoms with Crippen molar-refractivity contribution in [2.75, 3.05) is 6.54 Å². The van der Waals surface area contributed by atoms with Crippen molar-refractivity contribution in [2.45, 2.75) is 38.8 Å². The zero-order chi connectivity index (χ0) is 13.9. The average molecular weight is 336 g/mol. The van der Waals surface area contributed by atoms with Crippen molar-refractivity contribution in [3.05, 3.63) is 34.6 Å². The molecule has 0 unspecified atom stereocenters. The first-order chi connectivity index (χ1) is 9.75. The van der Waals surface area contributed by atoms with Crippen molar-refractivity contribution in [3.8, 4) is 5.69 Å². The number of benzene rings is 1. The maximum Gasteiger partial charge on any atom is 0.170 e. The predicted octanol–water partition coefficient (Wildman–Crippen LogP) is 2.80. The van der Waals surface area contributed by atoms with Gasteiger partial charge in [-0.15, -0.1) is 5.10 Å². The summed E-state index contributed by atoms with van der Waals surface area (Å²) in [5.74, 6) is 0.894. The Morgan fingerprint density at radius 1 is 1.30 bits per heavy atom. The molecule has 5 nitrogen and oxygen atoms in total. The van der Waals surface area contributed by atoms with E-state index in [2.05, 4.69) is 43.3 Å². The van der Waals surface area contributed by atoms with Gasteiger partial charge >= 0.3 is 0 Å². The van der Waals surface area contributed by atoms with Gasteiger partial charge in [0.25, 0.3) is 0 Å². The van der Waals surface area contributed by atoms with Crippen molar-refractivity contribution in [1.82, 2.24) is 25.1 Å². The summed E-state index contributed by atoms with van der Waals surface area (Å²) in [6.45, 7) is 4.21. The summed E-state index contributed by atoms with van der Waals surface area (Å²) in [5, 5.41) is 12.2. The zero-order valence-electron chi connectivity index (χ0n) is 11.5. The fraction of sp³-hybridized carbons (Fsp3) is 0.500. The van der Waals surface area contributed by atoms with Gasteiger partial charge in [-0.1, -0.05) is 18.6 Å². The Morgan fingerprint density at radius 3 is 2.95 bits per heavy atom. The molecule has 0 aliphatic carbocycles. The van der Waals surface area contributed by atoms with Crippen molar-refractivity contribution < 1.29 is 0 Å². The minimum Gasteiger partial charge on any atom is -0.293 e. The first kappa shape index (κ1) is 13.7. The molecule has 0 saturated carbocycles. The number of para-hydroxylation sites is 1. The summed E-state index contributed by atoms with van der Waals surface area (Å²) >= 11 is 3.56. The van der Waals surface area contributed by atoms with Crippen LogP contribution in [0.3, 0.4) is 0 Å². The third-order valence-corrected chi connectivity index (χ3v) is 4.57. The van der Waals surface area contributed by atoms with Gasteiger partial charge in [0.2, 0.25) is 0 Å². The monoisotopic (exact) mass is 335 g/mol. The number of hydrogen-bond acceptors (Lipinski definition) is 4. The molecular weight excluding hydrogens is 318 g/mol. The van der Waals surface area contributed by atoms with Crippen LogP contribution in [0, 0.1) is 0 Å². The summed E-state index contributed by atoms with van der Waals surface area (Å²) < 4.78 is 2.83. The number of rotatable bonds is 3. The van der Waals surface area contributed by atoms with E-state index in [1.807, 2.05) is 28.9 Å². The minimum atomic E-state index is 0.605. The normalized spacial score (nSPS) is 20.2. The van der Waals surface area contributed by atoms with Crippen molar-refractivity contribution >= 4 is 15.9 Å². The maximum absolute atomic E-state index is 4.20. The van der Waals surface area contributed by atoms with Crippen molar-refractivity contribution in [3.63, 3.8) is 0 Å². The number of tetrazole rings is 1. The largest absolute Gasteiger partial charge is 0.293 e. The van der Waals surface area contributed by atoms with E-state index in [4.69, 9.17) is 0 Å². The van der Waals surface area contributed by atoms with Crippen LogP contribution >= 0.6 is 15.9 Å². The molecule has 1 atom stereocenters. The molecule has 2 aromatic rings. The van der Waals surface area contributed by atoms with Gasteiger partial charge in [-0.2, -0.15) is 4.68 Å². The number of piperidine rings is 1. The van der Waals surface area contributed by atoms with Gasteiger partial charge in [-0.05, 0) is 64.8 Å². The van der Waals surface area contributed by atoms with Crippen LogP contribution in [0.25, 0.3) is 5.69 Å². The van der Waals surface area contributed by atoms with Gasteiger partial charge in [-0.3, -0.25) is 4.90 Å². The van der Waals surface area contributed by atoms with Crippen LogP contribution < -0.4 is 0 Å². The van der Waals surface area contributed by atoms with Gasteiger partial charge in [0, 0.05) is 10.5 Å². The smallest absolute Gasteiger partial charge is 0.170 e. The lowest BCUT2D eigenvalue weighted by Gasteiger charge is -2.32. The van der Waals surface area contributed by atoms with Crippen LogP contribution in [0.1, 0.15) is 32.0 Å². The molecule has 1 aromatic heterocycles. The van der Waals surface area contributed by atoms with Gasteiger partial charge in [0.15, 0.2) is 5.82 Å². The lowest BCUT2D eigenvalue weighted by molar-refractivity contribution is 0.148. The Bertz CT molecular complexity index is 582. The molecule has 0 bridgehead atoms. The number of aromatic nitrogens is 4. The SMILES string of the molecule is C[C@H]1CCCCN1Cc1nnnn1-c1ccccc1Br. The molecule has 0 spiro atoms. The van der Waals surface area contributed by atoms with Crippen LogP contribution in [0.15, 0.2) is 28.7 Å². The quantitative estimate of drug-likeness (QED) is 0.865. The second-order valence-electron chi connectivity index (χ2n) is 5.27. The minimum absolute atomic E-state index is 0.605. The maximum atomic E-state index is 4.20. The van der Waals surface area contributed by atoms with Crippen molar-refractivity contribution in [2.24, 2.45) is 0 Å². The molecule has 3 rings (SSSR count). The fourth-order valence-corrected chi connectivity index (χ4v) is 3.14. The fourth-order valence-electron chi connectivity index (χ4n) is 2.69. The summed E-state index contributed by atoms with van der Waals surface area (Å²) in [6.07, 6.45) is 3.85. The Balaban J connectivity index is 1.85. The predicted molar refractivity (Wildman–Crippen MR) is 80.6 cm³/mol. The van der Waals surface area contributed by atoms with E-state index in [0.717, 1.165) is 29.1 Å². The van der Waals surface area contributed by atoms with E-state index < -0.39 is 0 Å². The van der Waals surface area contributed by atoms with Crippen molar-refractivity contribution in [1.29, 1.82) is 0 Å². The molecule has 106 valence electrons. The van der Waals surface area contributed by atoms with Crippen LogP contribution in [0.4, 0.5) is 0 Å². The first-order valence-electron chi connectivity index (χ1n) is 7.02. The van der Waals surface area contributed by atoms with Gasteiger partial charge in [0.05, 0.1) is 12.2 Å². The molecule has 20 heavy (non-hydrogen) atoms. The number of halogens is 1. The van der Waals surface area contributed by atoms with Gasteiger partial charge in [-0.25, -0.2) is 0 Å². The summed E-state index contributed by atoms with van der Waals surface area (Å²) in [6, 6.07) is 8.61. The molecule has 1 fully saturated rings. The molecule has 1 aliphatic rings. The van der Waals surface area contributed by atoms with E-state index in [-0.39, 0.29) is 0 Å². The highest BCUT2D eigenvalue weighted by Gasteiger charge is 2.21. The second-order valence-corrected chi connectivity index (χ2v) is 6.13. The standard InChI is InChI=1S/C14H18BrN5/c1-11-6-4-5-9-19(11)10-14-16-17-18-20(14)13-8-3-2-7-12(13)15/h2-3,7-8,11H,4-6,9-10H2,1H3/t11-/m0/s1. The van der Waals surface area contributed by atoms with E-state index >= 15 is 0 Å². The van der Waals surface area contributed by atoms with E-state index in [0.29, 0.717) is 6.04 Å². The topological polar surface area (TPSA) is 46.8 Å². The third kappa shape index (κ3) is 2.76. The molecular formula is C14H18BrN5. The molecule has 0 amide bonds. The molecule has 1 saturated heterocycles. The summed E-state index contributed by atoms with van der Waals surface area (Å²) in [7, 11) is 0. The Labute approximate surface area is 127 Å². The average Bonchev–Trinajstić information content (AvgIpc) is 2.90. The van der Waals surface area contributed by atoms with Crippen LogP contribution in [-0.4, -0.2) is 37.7 Å². The number of nitrogens with zero attached hydrogens (tertiary/aromatic N) is 5. The van der Waals surface area contributed by atoms with Crippen LogP contribution in [0.2, 0.25) is 0 Å². The van der Waals surface area contributed by atoms with Gasteiger partial charge < -0.3 is 0 Å². The molecule has 1 aliphatic heterocycles. The number of likely N-dealkylation sites (tertiary alicyclic amines) is 1. The lowest BCUT2D eigenvalue weighted by atomic mass is 10.0. The van der Waals surface area contributed by atoms with Crippen LogP contribution in [0.5, 0.6) is 0 Å². The molecule has 2 heterocycles. The second kappa shape index (κ2) is 6.01. The molecule has 1 aromatic carbocycles. The lowest BCUT2D eigenvalue weighted by Crippen LogP contribution is -2.37. The highest BCUT2D eigenvalue weighted by Crippen LogP contribution is 2.22. The van der Waals surface area contributed by atoms with Crippen LogP contribution in [-0.2, 0) is 6.54 Å². The Morgan fingerprint density at radius 2 is 2.15 bits per heavy atom. The van der Waals surface area contributed by atoms with Gasteiger partial charge in [0.1, 0.15) is 0 Å². The molecule has 6 heteroatoms. The first-order valence-corrected chi connectivity index (χ1v) is 7.81. The third-order valence-electron chi connectivity index (χ3n) is 3.90. The Kier molecular flexibility index (Phi) is 4.12. The van der Waals surface area contributed by atoms with E-state index in [9.17, 15) is 0 Å². The highest BCUT2D eigenvalue weighted by molar-refractivity contribution is 9.10. The number of hydrogen-bond donors (Lipinski definition) is 0. The molecule has 0 radical (unpaired) electrons. The van der Waals surface area contributed by atoms with E-state index in [1.54, 1.807) is 0 Å². The Hall–Kier alpha value is -1.27. The molecule has 0 N–H and O–H groups in total. The zero-order valence-corrected chi connectivity index (χ0v) is 13.1.